The summed E-state index contributed by atoms with van der Waals surface area (Å²) in [4.78, 5) is 37.3. The number of benzene rings is 2. The van der Waals surface area contributed by atoms with Crippen LogP contribution in [0, 0.1) is 5.82 Å². The molecule has 1 aliphatic heterocycles. The number of carbonyl (C=O) groups is 3. The number of halogens is 3. The van der Waals surface area contributed by atoms with Crippen LogP contribution in [0.2, 0.25) is 10.0 Å². The molecule has 3 rings (SSSR count). The van der Waals surface area contributed by atoms with Gasteiger partial charge in [-0.25, -0.2) is 9.18 Å². The molecule has 0 radical (unpaired) electrons. The fourth-order valence-corrected chi connectivity index (χ4v) is 2.89. The molecule has 0 atom stereocenters. The van der Waals surface area contributed by atoms with E-state index in [2.05, 4.69) is 0 Å². The maximum absolute atomic E-state index is 13.4. The standard InChI is InChI=1S/C17H10Cl2FNO4/c18-12-8-13(19)14(20)7-11(12)17(24)25-6-5-21-15(22)9-3-1-2-4-10(9)16(21)23/h1-4,7-8H,5-6H2. The van der Waals surface area contributed by atoms with Gasteiger partial charge in [0.2, 0.25) is 0 Å². The molecule has 2 amide bonds. The number of hydrogen-bond donors (Lipinski definition) is 0. The summed E-state index contributed by atoms with van der Waals surface area (Å²) in [6.45, 7) is -0.364. The van der Waals surface area contributed by atoms with Crippen molar-refractivity contribution in [1.29, 1.82) is 0 Å². The van der Waals surface area contributed by atoms with Gasteiger partial charge in [0.1, 0.15) is 12.4 Å². The number of rotatable bonds is 4. The zero-order chi connectivity index (χ0) is 18.1. The Morgan fingerprint density at radius 1 is 1.04 bits per heavy atom. The average molecular weight is 382 g/mol. The molecule has 128 valence electrons. The molecule has 0 N–H and O–H groups in total. The molecule has 25 heavy (non-hydrogen) atoms. The molecule has 2 aromatic carbocycles. The summed E-state index contributed by atoms with van der Waals surface area (Å²) in [6.07, 6.45) is 0. The quantitative estimate of drug-likeness (QED) is 0.461. The molecular weight excluding hydrogens is 372 g/mol. The van der Waals surface area contributed by atoms with Gasteiger partial charge in [-0.05, 0) is 24.3 Å². The van der Waals surface area contributed by atoms with Crippen LogP contribution >= 0.6 is 23.2 Å². The fraction of sp³-hybridized carbons (Fsp3) is 0.118. The Labute approximate surface area is 151 Å². The van der Waals surface area contributed by atoms with E-state index in [1.165, 1.54) is 0 Å². The summed E-state index contributed by atoms with van der Waals surface area (Å²) in [6, 6.07) is 8.39. The van der Waals surface area contributed by atoms with Crippen molar-refractivity contribution in [2.45, 2.75) is 0 Å². The molecule has 2 aromatic rings. The molecule has 1 aliphatic rings. The van der Waals surface area contributed by atoms with Crippen molar-refractivity contribution < 1.29 is 23.5 Å². The lowest BCUT2D eigenvalue weighted by Crippen LogP contribution is -2.33. The number of amides is 2. The molecular formula is C17H10Cl2FNO4. The molecule has 0 bridgehead atoms. The first-order chi connectivity index (χ1) is 11.9. The summed E-state index contributed by atoms with van der Waals surface area (Å²) >= 11 is 11.4. The normalized spacial score (nSPS) is 13.2. The largest absolute Gasteiger partial charge is 0.460 e. The van der Waals surface area contributed by atoms with Crippen LogP contribution in [-0.2, 0) is 4.74 Å². The lowest BCUT2D eigenvalue weighted by Gasteiger charge is -2.14. The highest BCUT2D eigenvalue weighted by Gasteiger charge is 2.34. The van der Waals surface area contributed by atoms with Crippen LogP contribution in [0.1, 0.15) is 31.1 Å². The highest BCUT2D eigenvalue weighted by atomic mass is 35.5. The molecule has 0 fully saturated rings. The second-order valence-electron chi connectivity index (χ2n) is 5.19. The summed E-state index contributed by atoms with van der Waals surface area (Å²) in [5, 5.41) is -0.273. The minimum Gasteiger partial charge on any atom is -0.460 e. The van der Waals surface area contributed by atoms with Gasteiger partial charge >= 0.3 is 5.97 Å². The van der Waals surface area contributed by atoms with E-state index < -0.39 is 23.6 Å². The van der Waals surface area contributed by atoms with Gasteiger partial charge in [0.05, 0.1) is 33.3 Å². The molecule has 0 saturated carbocycles. The maximum atomic E-state index is 13.4. The van der Waals surface area contributed by atoms with E-state index in [-0.39, 0.29) is 28.8 Å². The van der Waals surface area contributed by atoms with Crippen molar-refractivity contribution in [3.8, 4) is 0 Å². The van der Waals surface area contributed by atoms with Crippen LogP contribution in [-0.4, -0.2) is 35.8 Å². The lowest BCUT2D eigenvalue weighted by atomic mass is 10.1. The van der Waals surface area contributed by atoms with Gasteiger partial charge in [0, 0.05) is 0 Å². The van der Waals surface area contributed by atoms with E-state index in [1.807, 2.05) is 0 Å². The maximum Gasteiger partial charge on any atom is 0.339 e. The van der Waals surface area contributed by atoms with Gasteiger partial charge in [0.15, 0.2) is 0 Å². The Hall–Kier alpha value is -2.44. The summed E-state index contributed by atoms with van der Waals surface area (Å²) < 4.78 is 18.4. The highest BCUT2D eigenvalue weighted by molar-refractivity contribution is 6.36. The topological polar surface area (TPSA) is 63.7 Å². The first kappa shape index (κ1) is 17.4. The third kappa shape index (κ3) is 3.23. The van der Waals surface area contributed by atoms with Crippen LogP contribution < -0.4 is 0 Å². The molecule has 0 unspecified atom stereocenters. The number of nitrogens with zero attached hydrogens (tertiary/aromatic N) is 1. The molecule has 0 spiro atoms. The Balaban J connectivity index is 1.64. The van der Waals surface area contributed by atoms with Gasteiger partial charge in [-0.2, -0.15) is 0 Å². The van der Waals surface area contributed by atoms with Crippen molar-refractivity contribution >= 4 is 41.0 Å². The van der Waals surface area contributed by atoms with E-state index in [0.29, 0.717) is 11.1 Å². The van der Waals surface area contributed by atoms with E-state index in [4.69, 9.17) is 27.9 Å². The number of carbonyl (C=O) groups excluding carboxylic acids is 3. The molecule has 0 saturated heterocycles. The SMILES string of the molecule is O=C(OCCN1C(=O)c2ccccc2C1=O)c1cc(F)c(Cl)cc1Cl. The third-order valence-corrected chi connectivity index (χ3v) is 4.26. The van der Waals surface area contributed by atoms with E-state index in [1.54, 1.807) is 24.3 Å². The average Bonchev–Trinajstić information content (AvgIpc) is 2.83. The summed E-state index contributed by atoms with van der Waals surface area (Å²) in [5.74, 6) is -2.59. The number of ether oxygens (including phenoxy) is 1. The van der Waals surface area contributed by atoms with Crippen molar-refractivity contribution in [2.24, 2.45) is 0 Å². The van der Waals surface area contributed by atoms with Crippen LogP contribution in [0.15, 0.2) is 36.4 Å². The second-order valence-corrected chi connectivity index (χ2v) is 6.00. The van der Waals surface area contributed by atoms with Crippen molar-refractivity contribution in [3.63, 3.8) is 0 Å². The second kappa shape index (κ2) is 6.82. The minimum atomic E-state index is -0.878. The van der Waals surface area contributed by atoms with Gasteiger partial charge < -0.3 is 4.74 Å². The summed E-state index contributed by atoms with van der Waals surface area (Å²) in [7, 11) is 0. The van der Waals surface area contributed by atoms with Crippen molar-refractivity contribution in [2.75, 3.05) is 13.2 Å². The van der Waals surface area contributed by atoms with Gasteiger partial charge in [-0.3, -0.25) is 14.5 Å². The monoisotopic (exact) mass is 381 g/mol. The highest BCUT2D eigenvalue weighted by Crippen LogP contribution is 2.25. The summed E-state index contributed by atoms with van der Waals surface area (Å²) in [5.41, 5.74) is 0.425. The molecule has 0 aromatic heterocycles. The van der Waals surface area contributed by atoms with Crippen molar-refractivity contribution in [3.05, 3.63) is 69.0 Å². The Kier molecular flexibility index (Phi) is 4.74. The number of imide groups is 1. The predicted octanol–water partition coefficient (Wildman–Crippen LogP) is 3.59. The molecule has 1 heterocycles. The van der Waals surface area contributed by atoms with E-state index in [9.17, 15) is 18.8 Å². The van der Waals surface area contributed by atoms with Crippen LogP contribution in [0.3, 0.4) is 0 Å². The number of hydrogen-bond acceptors (Lipinski definition) is 4. The van der Waals surface area contributed by atoms with Crippen LogP contribution in [0.5, 0.6) is 0 Å². The third-order valence-electron chi connectivity index (χ3n) is 3.66. The number of esters is 1. The minimum absolute atomic E-state index is 0.0582. The molecule has 5 nitrogen and oxygen atoms in total. The Bertz CT molecular complexity index is 865. The first-order valence-corrected chi connectivity index (χ1v) is 7.92. The number of fused-ring (bicyclic) bond motifs is 1. The molecule has 0 aliphatic carbocycles. The molecule has 8 heteroatoms. The lowest BCUT2D eigenvalue weighted by molar-refractivity contribution is 0.0420. The van der Waals surface area contributed by atoms with Gasteiger partial charge in [0.25, 0.3) is 11.8 Å². The zero-order valence-electron chi connectivity index (χ0n) is 12.6. The van der Waals surface area contributed by atoms with E-state index in [0.717, 1.165) is 17.0 Å². The van der Waals surface area contributed by atoms with Gasteiger partial charge in [-0.15, -0.1) is 0 Å². The Morgan fingerprint density at radius 2 is 1.64 bits per heavy atom. The fourth-order valence-electron chi connectivity index (χ4n) is 2.43. The zero-order valence-corrected chi connectivity index (χ0v) is 14.1. The van der Waals surface area contributed by atoms with Crippen molar-refractivity contribution in [1.82, 2.24) is 4.90 Å². The van der Waals surface area contributed by atoms with Crippen LogP contribution in [0.25, 0.3) is 0 Å². The predicted molar refractivity (Wildman–Crippen MR) is 88.5 cm³/mol. The Morgan fingerprint density at radius 3 is 2.24 bits per heavy atom. The smallest absolute Gasteiger partial charge is 0.339 e. The van der Waals surface area contributed by atoms with Gasteiger partial charge in [-0.1, -0.05) is 35.3 Å². The van der Waals surface area contributed by atoms with E-state index >= 15 is 0 Å². The van der Waals surface area contributed by atoms with Crippen LogP contribution in [0.4, 0.5) is 4.39 Å². The first-order valence-electron chi connectivity index (χ1n) is 7.17.